The fraction of sp³-hybridized carbons (Fsp3) is 0.588. The molecule has 1 heterocycles. The molecule has 0 aliphatic carbocycles. The summed E-state index contributed by atoms with van der Waals surface area (Å²) in [7, 11) is -2.98. The van der Waals surface area contributed by atoms with Crippen LogP contribution in [0.1, 0.15) is 31.4 Å². The zero-order chi connectivity index (χ0) is 17.2. The molecule has 1 aliphatic heterocycles. The Hall–Kier alpha value is -1.01. The number of aryl methyl sites for hydroxylation is 2. The van der Waals surface area contributed by atoms with E-state index in [4.69, 9.17) is 0 Å². The summed E-state index contributed by atoms with van der Waals surface area (Å²) in [5, 5.41) is -0.223. The van der Waals surface area contributed by atoms with Crippen LogP contribution in [0, 0.1) is 13.8 Å². The molecule has 128 valence electrons. The van der Waals surface area contributed by atoms with Crippen molar-refractivity contribution in [2.45, 2.75) is 50.3 Å². The molecule has 0 spiro atoms. The summed E-state index contributed by atoms with van der Waals surface area (Å²) < 4.78 is 23.4. The lowest BCUT2D eigenvalue weighted by Gasteiger charge is -2.29. The fourth-order valence-electron chi connectivity index (χ4n) is 3.02. The zero-order valence-electron chi connectivity index (χ0n) is 14.2. The van der Waals surface area contributed by atoms with Gasteiger partial charge < -0.3 is 4.90 Å². The van der Waals surface area contributed by atoms with E-state index in [-0.39, 0.29) is 28.7 Å². The molecule has 0 saturated carbocycles. The number of rotatable bonds is 5. The van der Waals surface area contributed by atoms with Gasteiger partial charge in [-0.25, -0.2) is 8.42 Å². The van der Waals surface area contributed by atoms with Crippen molar-refractivity contribution in [3.05, 3.63) is 29.3 Å². The van der Waals surface area contributed by atoms with Gasteiger partial charge in [0.25, 0.3) is 0 Å². The summed E-state index contributed by atoms with van der Waals surface area (Å²) >= 11 is 1.55. The molecule has 1 saturated heterocycles. The molecule has 0 aromatic heterocycles. The Morgan fingerprint density at radius 1 is 1.39 bits per heavy atom. The first-order valence-electron chi connectivity index (χ1n) is 7.98. The molecule has 2 rings (SSSR count). The first kappa shape index (κ1) is 18.3. The van der Waals surface area contributed by atoms with Crippen LogP contribution in [0.15, 0.2) is 23.1 Å². The fourth-order valence-corrected chi connectivity index (χ4v) is 5.76. The largest absolute Gasteiger partial charge is 0.338 e. The van der Waals surface area contributed by atoms with Gasteiger partial charge in [-0.2, -0.15) is 0 Å². The van der Waals surface area contributed by atoms with Crippen molar-refractivity contribution in [2.75, 3.05) is 18.1 Å². The second-order valence-electron chi connectivity index (χ2n) is 6.21. The number of nitrogens with zero attached hydrogens (tertiary/aromatic N) is 1. The van der Waals surface area contributed by atoms with Crippen LogP contribution >= 0.6 is 11.8 Å². The molecule has 6 heteroatoms. The molecule has 23 heavy (non-hydrogen) atoms. The number of hydrogen-bond acceptors (Lipinski definition) is 4. The SMILES string of the molecule is CCN(C(=O)[C@H](C)Sc1ccc(C)cc1C)[C@H]1CCS(=O)(=O)C1. The second-order valence-corrected chi connectivity index (χ2v) is 9.82. The highest BCUT2D eigenvalue weighted by atomic mass is 32.2. The average Bonchev–Trinajstić information content (AvgIpc) is 2.82. The minimum absolute atomic E-state index is 0.0274. The Labute approximate surface area is 143 Å². The van der Waals surface area contributed by atoms with E-state index in [0.29, 0.717) is 13.0 Å². The molecule has 1 amide bonds. The topological polar surface area (TPSA) is 54.5 Å². The molecular weight excluding hydrogens is 330 g/mol. The molecule has 1 aliphatic rings. The Morgan fingerprint density at radius 3 is 2.61 bits per heavy atom. The Kier molecular flexibility index (Phi) is 5.79. The van der Waals surface area contributed by atoms with E-state index in [9.17, 15) is 13.2 Å². The molecular formula is C17H25NO3S2. The van der Waals surface area contributed by atoms with Gasteiger partial charge in [0, 0.05) is 17.5 Å². The van der Waals surface area contributed by atoms with E-state index in [0.717, 1.165) is 4.90 Å². The van der Waals surface area contributed by atoms with Crippen LogP contribution in [0.4, 0.5) is 0 Å². The van der Waals surface area contributed by atoms with Gasteiger partial charge in [0.2, 0.25) is 5.91 Å². The van der Waals surface area contributed by atoms with Crippen molar-refractivity contribution in [1.29, 1.82) is 0 Å². The quantitative estimate of drug-likeness (QED) is 0.762. The minimum atomic E-state index is -2.98. The number of thioether (sulfide) groups is 1. The highest BCUT2D eigenvalue weighted by molar-refractivity contribution is 8.00. The standard InChI is InChI=1S/C17H25NO3S2/c1-5-18(15-8-9-23(20,21)11-15)17(19)14(4)22-16-7-6-12(2)10-13(16)3/h6-7,10,14-15H,5,8-9,11H2,1-4H3/t14-,15-/m0/s1. The van der Waals surface area contributed by atoms with E-state index >= 15 is 0 Å². The number of carbonyl (C=O) groups excluding carboxylic acids is 1. The third-order valence-electron chi connectivity index (χ3n) is 4.25. The van der Waals surface area contributed by atoms with Crippen LogP contribution in [0.2, 0.25) is 0 Å². The smallest absolute Gasteiger partial charge is 0.236 e. The van der Waals surface area contributed by atoms with Crippen LogP contribution in [-0.2, 0) is 14.6 Å². The third kappa shape index (κ3) is 4.51. The summed E-state index contributed by atoms with van der Waals surface area (Å²) in [4.78, 5) is 15.6. The first-order valence-corrected chi connectivity index (χ1v) is 10.7. The van der Waals surface area contributed by atoms with Crippen LogP contribution < -0.4 is 0 Å². The van der Waals surface area contributed by atoms with Gasteiger partial charge in [-0.1, -0.05) is 17.7 Å². The van der Waals surface area contributed by atoms with Crippen molar-refractivity contribution < 1.29 is 13.2 Å². The van der Waals surface area contributed by atoms with Crippen LogP contribution in [0.3, 0.4) is 0 Å². The predicted molar refractivity (Wildman–Crippen MR) is 95.7 cm³/mol. The van der Waals surface area contributed by atoms with Crippen molar-refractivity contribution in [2.24, 2.45) is 0 Å². The van der Waals surface area contributed by atoms with Gasteiger partial charge >= 0.3 is 0 Å². The van der Waals surface area contributed by atoms with E-state index in [1.165, 1.54) is 11.1 Å². The van der Waals surface area contributed by atoms with Gasteiger partial charge in [-0.15, -0.1) is 11.8 Å². The van der Waals surface area contributed by atoms with Crippen LogP contribution in [0.25, 0.3) is 0 Å². The van der Waals surface area contributed by atoms with Gasteiger partial charge in [0.05, 0.1) is 16.8 Å². The summed E-state index contributed by atoms with van der Waals surface area (Å²) in [6.45, 7) is 8.47. The van der Waals surface area contributed by atoms with Gasteiger partial charge in [-0.3, -0.25) is 4.79 Å². The summed E-state index contributed by atoms with van der Waals surface area (Å²) in [5.41, 5.74) is 2.37. The van der Waals surface area contributed by atoms with E-state index < -0.39 is 9.84 Å². The lowest BCUT2D eigenvalue weighted by atomic mass is 10.2. The minimum Gasteiger partial charge on any atom is -0.338 e. The third-order valence-corrected chi connectivity index (χ3v) is 7.27. The summed E-state index contributed by atoms with van der Waals surface area (Å²) in [5.74, 6) is 0.327. The predicted octanol–water partition coefficient (Wildman–Crippen LogP) is 2.82. The van der Waals surface area contributed by atoms with Crippen molar-refractivity contribution >= 4 is 27.5 Å². The Morgan fingerprint density at radius 2 is 2.09 bits per heavy atom. The number of benzene rings is 1. The van der Waals surface area contributed by atoms with Crippen LogP contribution in [-0.4, -0.2) is 48.6 Å². The first-order chi connectivity index (χ1) is 10.7. The molecule has 0 unspecified atom stereocenters. The lowest BCUT2D eigenvalue weighted by Crippen LogP contribution is -2.44. The van der Waals surface area contributed by atoms with E-state index in [1.807, 2.05) is 26.8 Å². The number of amides is 1. The van der Waals surface area contributed by atoms with Gasteiger partial charge in [0.15, 0.2) is 9.84 Å². The molecule has 1 fully saturated rings. The van der Waals surface area contributed by atoms with Crippen molar-refractivity contribution in [3.8, 4) is 0 Å². The monoisotopic (exact) mass is 355 g/mol. The zero-order valence-corrected chi connectivity index (χ0v) is 15.8. The second kappa shape index (κ2) is 7.26. The molecule has 1 aromatic rings. The van der Waals surface area contributed by atoms with E-state index in [1.54, 1.807) is 16.7 Å². The molecule has 1 aromatic carbocycles. The molecule has 4 nitrogen and oxygen atoms in total. The van der Waals surface area contributed by atoms with Gasteiger partial charge in [-0.05, 0) is 45.7 Å². The highest BCUT2D eigenvalue weighted by Gasteiger charge is 2.35. The number of hydrogen-bond donors (Lipinski definition) is 0. The number of sulfone groups is 1. The average molecular weight is 356 g/mol. The Bertz CT molecular complexity index is 685. The Balaban J connectivity index is 2.08. The molecule has 0 N–H and O–H groups in total. The maximum atomic E-state index is 12.8. The maximum Gasteiger partial charge on any atom is 0.236 e. The van der Waals surface area contributed by atoms with Crippen molar-refractivity contribution in [1.82, 2.24) is 4.90 Å². The van der Waals surface area contributed by atoms with E-state index in [2.05, 4.69) is 19.1 Å². The van der Waals surface area contributed by atoms with Crippen molar-refractivity contribution in [3.63, 3.8) is 0 Å². The molecule has 0 bridgehead atoms. The molecule has 0 radical (unpaired) electrons. The molecule has 2 atom stereocenters. The normalized spacial score (nSPS) is 21.1. The highest BCUT2D eigenvalue weighted by Crippen LogP contribution is 2.29. The maximum absolute atomic E-state index is 12.8. The lowest BCUT2D eigenvalue weighted by molar-refractivity contribution is -0.131. The summed E-state index contributed by atoms with van der Waals surface area (Å²) in [6, 6.07) is 6.05. The van der Waals surface area contributed by atoms with Crippen LogP contribution in [0.5, 0.6) is 0 Å². The summed E-state index contributed by atoms with van der Waals surface area (Å²) in [6.07, 6.45) is 0.558. The van der Waals surface area contributed by atoms with Gasteiger partial charge in [0.1, 0.15) is 0 Å². The number of carbonyl (C=O) groups is 1.